The first-order valence-electron chi connectivity index (χ1n) is 4.71. The van der Waals surface area contributed by atoms with Gasteiger partial charge in [-0.3, -0.25) is 4.90 Å². The first-order chi connectivity index (χ1) is 5.63. The van der Waals surface area contributed by atoms with E-state index in [1.165, 1.54) is 0 Å². The molecule has 0 aromatic rings. The number of hydrogen-bond donors (Lipinski definition) is 1. The number of rotatable bonds is 3. The first kappa shape index (κ1) is 9.93. The van der Waals surface area contributed by atoms with E-state index in [2.05, 4.69) is 18.7 Å². The second kappa shape index (κ2) is 4.19. The van der Waals surface area contributed by atoms with Gasteiger partial charge in [-0.15, -0.1) is 0 Å². The van der Waals surface area contributed by atoms with Gasteiger partial charge in [-0.05, 0) is 12.3 Å². The highest BCUT2D eigenvalue weighted by Gasteiger charge is 2.30. The minimum absolute atomic E-state index is 0.280. The molecule has 0 unspecified atom stereocenters. The van der Waals surface area contributed by atoms with E-state index in [1.807, 2.05) is 0 Å². The van der Waals surface area contributed by atoms with Gasteiger partial charge in [0.25, 0.3) is 0 Å². The summed E-state index contributed by atoms with van der Waals surface area (Å²) in [7, 11) is 0. The van der Waals surface area contributed by atoms with Crippen molar-refractivity contribution in [2.24, 2.45) is 11.7 Å². The molecule has 0 saturated carbocycles. The number of nitrogens with two attached hydrogens (primary N) is 1. The number of alkyl halides is 1. The predicted molar refractivity (Wildman–Crippen MR) is 48.8 cm³/mol. The Morgan fingerprint density at radius 1 is 1.58 bits per heavy atom. The van der Waals surface area contributed by atoms with E-state index < -0.39 is 6.17 Å². The van der Waals surface area contributed by atoms with Gasteiger partial charge in [0.2, 0.25) is 0 Å². The number of hydrogen-bond acceptors (Lipinski definition) is 2. The van der Waals surface area contributed by atoms with Crippen molar-refractivity contribution in [1.82, 2.24) is 4.90 Å². The normalized spacial score (nSPS) is 31.8. The predicted octanol–water partition coefficient (Wildman–Crippen LogP) is 1.01. The minimum atomic E-state index is -0.655. The summed E-state index contributed by atoms with van der Waals surface area (Å²) in [6.45, 7) is 6.45. The maximum atomic E-state index is 13.0. The zero-order valence-corrected chi connectivity index (χ0v) is 7.96. The fourth-order valence-corrected chi connectivity index (χ4v) is 1.86. The maximum absolute atomic E-state index is 13.0. The summed E-state index contributed by atoms with van der Waals surface area (Å²) in [5.74, 6) is 0.601. The lowest BCUT2D eigenvalue weighted by molar-refractivity contribution is 0.221. The molecule has 1 fully saturated rings. The third kappa shape index (κ3) is 2.42. The molecule has 0 aliphatic carbocycles. The molecule has 72 valence electrons. The van der Waals surface area contributed by atoms with Crippen molar-refractivity contribution >= 4 is 0 Å². The number of halogens is 1. The van der Waals surface area contributed by atoms with Crippen LogP contribution in [0.5, 0.6) is 0 Å². The molecule has 2 N–H and O–H groups in total. The lowest BCUT2D eigenvalue weighted by Gasteiger charge is -2.24. The van der Waals surface area contributed by atoms with E-state index in [-0.39, 0.29) is 6.04 Å². The van der Waals surface area contributed by atoms with Crippen LogP contribution in [-0.4, -0.2) is 36.7 Å². The third-order valence-electron chi connectivity index (χ3n) is 2.35. The summed E-state index contributed by atoms with van der Waals surface area (Å²) >= 11 is 0. The second-order valence-corrected chi connectivity index (χ2v) is 4.07. The van der Waals surface area contributed by atoms with Gasteiger partial charge in [-0.25, -0.2) is 4.39 Å². The Balaban J connectivity index is 2.40. The number of nitrogens with zero attached hydrogens (tertiary/aromatic N) is 1. The molecule has 1 heterocycles. The monoisotopic (exact) mass is 174 g/mol. The maximum Gasteiger partial charge on any atom is 0.114 e. The van der Waals surface area contributed by atoms with Gasteiger partial charge in [0.15, 0.2) is 0 Å². The summed E-state index contributed by atoms with van der Waals surface area (Å²) in [5.41, 5.74) is 5.55. The van der Waals surface area contributed by atoms with Crippen molar-refractivity contribution in [3.05, 3.63) is 0 Å². The average Bonchev–Trinajstić information content (AvgIpc) is 2.29. The van der Waals surface area contributed by atoms with Crippen LogP contribution in [0.3, 0.4) is 0 Å². The zero-order valence-electron chi connectivity index (χ0n) is 7.96. The Morgan fingerprint density at radius 2 is 2.25 bits per heavy atom. The quantitative estimate of drug-likeness (QED) is 0.692. The zero-order chi connectivity index (χ0) is 9.14. The van der Waals surface area contributed by atoms with E-state index >= 15 is 0 Å². The lowest BCUT2D eigenvalue weighted by atomic mass is 10.2. The van der Waals surface area contributed by atoms with Crippen molar-refractivity contribution in [3.8, 4) is 0 Å². The van der Waals surface area contributed by atoms with E-state index in [4.69, 9.17) is 5.73 Å². The van der Waals surface area contributed by atoms with E-state index in [9.17, 15) is 4.39 Å². The lowest BCUT2D eigenvalue weighted by Crippen LogP contribution is -2.37. The van der Waals surface area contributed by atoms with Crippen molar-refractivity contribution < 1.29 is 4.39 Å². The third-order valence-corrected chi connectivity index (χ3v) is 2.35. The molecule has 2 atom stereocenters. The van der Waals surface area contributed by atoms with Crippen LogP contribution < -0.4 is 5.73 Å². The van der Waals surface area contributed by atoms with Gasteiger partial charge in [-0.1, -0.05) is 13.8 Å². The molecule has 1 rings (SSSR count). The van der Waals surface area contributed by atoms with E-state index in [0.717, 1.165) is 6.54 Å². The van der Waals surface area contributed by atoms with Crippen LogP contribution in [-0.2, 0) is 0 Å². The van der Waals surface area contributed by atoms with E-state index in [0.29, 0.717) is 25.4 Å². The molecule has 12 heavy (non-hydrogen) atoms. The molecule has 2 nitrogen and oxygen atoms in total. The molecular formula is C9H19FN2. The van der Waals surface area contributed by atoms with Crippen LogP contribution in [0.15, 0.2) is 0 Å². The largest absolute Gasteiger partial charge is 0.329 e. The van der Waals surface area contributed by atoms with Crippen LogP contribution in [0, 0.1) is 5.92 Å². The smallest absolute Gasteiger partial charge is 0.114 e. The second-order valence-electron chi connectivity index (χ2n) is 4.07. The van der Waals surface area contributed by atoms with Crippen LogP contribution in [0.2, 0.25) is 0 Å². The SMILES string of the molecule is CC(C)CN1C[C@@H](F)C[C@H]1CN. The summed E-state index contributed by atoms with van der Waals surface area (Å²) in [6.07, 6.45) is -0.0271. The molecule has 0 bridgehead atoms. The van der Waals surface area contributed by atoms with Crippen molar-refractivity contribution in [2.45, 2.75) is 32.5 Å². The molecule has 1 aliphatic heterocycles. The van der Waals surface area contributed by atoms with Crippen LogP contribution in [0.4, 0.5) is 4.39 Å². The highest BCUT2D eigenvalue weighted by molar-refractivity contribution is 4.86. The van der Waals surface area contributed by atoms with Crippen LogP contribution in [0.25, 0.3) is 0 Å². The summed E-state index contributed by atoms with van der Waals surface area (Å²) in [4.78, 5) is 2.18. The summed E-state index contributed by atoms with van der Waals surface area (Å²) in [6, 6.07) is 0.280. The van der Waals surface area contributed by atoms with Gasteiger partial charge in [0.1, 0.15) is 6.17 Å². The fourth-order valence-electron chi connectivity index (χ4n) is 1.86. The first-order valence-corrected chi connectivity index (χ1v) is 4.71. The molecule has 0 radical (unpaired) electrons. The van der Waals surface area contributed by atoms with Gasteiger partial charge in [0.05, 0.1) is 0 Å². The topological polar surface area (TPSA) is 29.3 Å². The molecule has 0 amide bonds. The van der Waals surface area contributed by atoms with Crippen LogP contribution in [0.1, 0.15) is 20.3 Å². The van der Waals surface area contributed by atoms with E-state index in [1.54, 1.807) is 0 Å². The Labute approximate surface area is 73.9 Å². The standard InChI is InChI=1S/C9H19FN2/c1-7(2)5-12-6-8(10)3-9(12)4-11/h7-9H,3-6,11H2,1-2H3/t8-,9-/m0/s1. The van der Waals surface area contributed by atoms with Gasteiger partial charge >= 0.3 is 0 Å². The highest BCUT2D eigenvalue weighted by Crippen LogP contribution is 2.20. The van der Waals surface area contributed by atoms with Crippen molar-refractivity contribution in [1.29, 1.82) is 0 Å². The van der Waals surface area contributed by atoms with Crippen molar-refractivity contribution in [3.63, 3.8) is 0 Å². The molecule has 0 aromatic carbocycles. The molecule has 0 spiro atoms. The number of likely N-dealkylation sites (tertiary alicyclic amines) is 1. The van der Waals surface area contributed by atoms with Gasteiger partial charge in [-0.2, -0.15) is 0 Å². The Morgan fingerprint density at radius 3 is 2.75 bits per heavy atom. The minimum Gasteiger partial charge on any atom is -0.329 e. The summed E-state index contributed by atoms with van der Waals surface area (Å²) < 4.78 is 13.0. The van der Waals surface area contributed by atoms with Gasteiger partial charge in [0, 0.05) is 25.7 Å². The molecular weight excluding hydrogens is 155 g/mol. The van der Waals surface area contributed by atoms with Crippen molar-refractivity contribution in [2.75, 3.05) is 19.6 Å². The highest BCUT2D eigenvalue weighted by atomic mass is 19.1. The Hall–Kier alpha value is -0.150. The van der Waals surface area contributed by atoms with Gasteiger partial charge < -0.3 is 5.73 Å². The molecule has 1 aliphatic rings. The average molecular weight is 174 g/mol. The molecule has 1 saturated heterocycles. The van der Waals surface area contributed by atoms with Crippen LogP contribution >= 0.6 is 0 Å². The fraction of sp³-hybridized carbons (Fsp3) is 1.00. The Kier molecular flexibility index (Phi) is 3.47. The summed E-state index contributed by atoms with van der Waals surface area (Å²) in [5, 5.41) is 0. The molecule has 3 heteroatoms. The molecule has 0 aromatic heterocycles. The Bertz CT molecular complexity index is 138.